The van der Waals surface area contributed by atoms with E-state index in [9.17, 15) is 20.4 Å². The molecule has 0 unspecified atom stereocenters. The van der Waals surface area contributed by atoms with Crippen LogP contribution in [0.4, 0.5) is 0 Å². The van der Waals surface area contributed by atoms with E-state index in [0.717, 1.165) is 5.56 Å². The van der Waals surface area contributed by atoms with Gasteiger partial charge in [-0.3, -0.25) is 0 Å². The largest absolute Gasteiger partial charge is 0.508 e. The molecule has 0 aliphatic carbocycles. The van der Waals surface area contributed by atoms with E-state index in [4.69, 9.17) is 0 Å². The van der Waals surface area contributed by atoms with Gasteiger partial charge in [-0.1, -0.05) is 24.3 Å². The van der Waals surface area contributed by atoms with Gasteiger partial charge in [-0.2, -0.15) is 0 Å². The highest BCUT2D eigenvalue weighted by molar-refractivity contribution is 5.73. The van der Waals surface area contributed by atoms with Crippen LogP contribution in [0.3, 0.4) is 0 Å². The zero-order chi connectivity index (χ0) is 13.8. The van der Waals surface area contributed by atoms with Gasteiger partial charge in [-0.05, 0) is 29.3 Å². The molecule has 4 nitrogen and oxygen atoms in total. The number of phenols is 3. The smallest absolute Gasteiger partial charge is 0.125 e. The summed E-state index contributed by atoms with van der Waals surface area (Å²) in [5, 5.41) is 37.4. The Hall–Kier alpha value is -2.46. The molecule has 98 valence electrons. The van der Waals surface area contributed by atoms with E-state index in [1.165, 1.54) is 12.1 Å². The van der Waals surface area contributed by atoms with Crippen LogP contribution in [0.25, 0.3) is 12.2 Å². The molecule has 0 amide bonds. The molecule has 4 heteroatoms. The van der Waals surface area contributed by atoms with Crippen LogP contribution in [-0.4, -0.2) is 20.4 Å². The van der Waals surface area contributed by atoms with Crippen molar-refractivity contribution in [3.63, 3.8) is 0 Å². The number of phenolic OH excluding ortho intramolecular Hbond substituents is 2. The lowest BCUT2D eigenvalue weighted by Gasteiger charge is -2.06. The van der Waals surface area contributed by atoms with Crippen molar-refractivity contribution in [1.29, 1.82) is 0 Å². The van der Waals surface area contributed by atoms with Crippen molar-refractivity contribution in [2.24, 2.45) is 0 Å². The first kappa shape index (κ1) is 13.0. The molecular weight excluding hydrogens is 244 g/mol. The van der Waals surface area contributed by atoms with Crippen LogP contribution >= 0.6 is 0 Å². The molecule has 0 heterocycles. The van der Waals surface area contributed by atoms with E-state index >= 15 is 0 Å². The van der Waals surface area contributed by atoms with Gasteiger partial charge in [-0.25, -0.2) is 0 Å². The Morgan fingerprint density at radius 2 is 1.53 bits per heavy atom. The summed E-state index contributed by atoms with van der Waals surface area (Å²) in [6.45, 7) is -0.318. The van der Waals surface area contributed by atoms with Crippen molar-refractivity contribution in [3.05, 3.63) is 53.1 Å². The highest BCUT2D eigenvalue weighted by Gasteiger charge is 2.07. The number of aromatic hydroxyl groups is 3. The third-order valence-corrected chi connectivity index (χ3v) is 2.75. The maximum atomic E-state index is 9.62. The average Bonchev–Trinajstić information content (AvgIpc) is 2.37. The van der Waals surface area contributed by atoms with E-state index in [1.807, 2.05) is 0 Å². The van der Waals surface area contributed by atoms with Gasteiger partial charge >= 0.3 is 0 Å². The number of aliphatic hydroxyl groups is 1. The SMILES string of the molecule is OCc1c(O)cc(O)cc1/C=C/c1ccc(O)cc1. The molecule has 0 fully saturated rings. The first-order chi connectivity index (χ1) is 9.10. The predicted octanol–water partition coefficient (Wildman–Crippen LogP) is 2.47. The molecule has 2 aromatic rings. The van der Waals surface area contributed by atoms with E-state index < -0.39 is 0 Å². The molecule has 0 aromatic heterocycles. The summed E-state index contributed by atoms with van der Waals surface area (Å²) in [4.78, 5) is 0. The van der Waals surface area contributed by atoms with Gasteiger partial charge in [0.05, 0.1) is 6.61 Å². The Kier molecular flexibility index (Phi) is 3.73. The summed E-state index contributed by atoms with van der Waals surface area (Å²) in [6, 6.07) is 9.23. The van der Waals surface area contributed by atoms with E-state index in [-0.39, 0.29) is 23.9 Å². The third-order valence-electron chi connectivity index (χ3n) is 2.75. The van der Waals surface area contributed by atoms with Crippen molar-refractivity contribution in [2.75, 3.05) is 0 Å². The van der Waals surface area contributed by atoms with Crippen LogP contribution in [0.1, 0.15) is 16.7 Å². The van der Waals surface area contributed by atoms with Crippen molar-refractivity contribution in [1.82, 2.24) is 0 Å². The normalized spacial score (nSPS) is 11.0. The monoisotopic (exact) mass is 258 g/mol. The lowest BCUT2D eigenvalue weighted by molar-refractivity contribution is 0.275. The summed E-state index contributed by atoms with van der Waals surface area (Å²) < 4.78 is 0. The average molecular weight is 258 g/mol. The van der Waals surface area contributed by atoms with Gasteiger partial charge in [0.15, 0.2) is 0 Å². The lowest BCUT2D eigenvalue weighted by atomic mass is 10.0. The molecule has 0 atom stereocenters. The number of rotatable bonds is 3. The van der Waals surface area contributed by atoms with Gasteiger partial charge in [0.2, 0.25) is 0 Å². The minimum absolute atomic E-state index is 0.0694. The molecule has 0 saturated heterocycles. The molecule has 0 spiro atoms. The second-order valence-electron chi connectivity index (χ2n) is 4.12. The fraction of sp³-hybridized carbons (Fsp3) is 0.0667. The third kappa shape index (κ3) is 3.05. The minimum Gasteiger partial charge on any atom is -0.508 e. The summed E-state index contributed by atoms with van der Waals surface area (Å²) in [6.07, 6.45) is 3.43. The first-order valence-corrected chi connectivity index (χ1v) is 5.73. The van der Waals surface area contributed by atoms with Crippen molar-refractivity contribution in [2.45, 2.75) is 6.61 Å². The Bertz CT molecular complexity index is 600. The second-order valence-corrected chi connectivity index (χ2v) is 4.12. The zero-order valence-corrected chi connectivity index (χ0v) is 10.1. The number of aliphatic hydroxyl groups excluding tert-OH is 1. The lowest BCUT2D eigenvalue weighted by Crippen LogP contribution is -1.89. The number of benzene rings is 2. The van der Waals surface area contributed by atoms with Crippen LogP contribution < -0.4 is 0 Å². The molecular formula is C15H14O4. The zero-order valence-electron chi connectivity index (χ0n) is 10.1. The summed E-state index contributed by atoms with van der Waals surface area (Å²) in [7, 11) is 0. The summed E-state index contributed by atoms with van der Waals surface area (Å²) >= 11 is 0. The maximum absolute atomic E-state index is 9.62. The van der Waals surface area contributed by atoms with E-state index in [1.54, 1.807) is 36.4 Å². The predicted molar refractivity (Wildman–Crippen MR) is 72.7 cm³/mol. The summed E-state index contributed by atoms with van der Waals surface area (Å²) in [5.74, 6) is -0.0314. The fourth-order valence-electron chi connectivity index (χ4n) is 1.76. The number of hydrogen-bond acceptors (Lipinski definition) is 4. The van der Waals surface area contributed by atoms with Crippen LogP contribution in [0, 0.1) is 0 Å². The van der Waals surface area contributed by atoms with Crippen LogP contribution in [0.2, 0.25) is 0 Å². The first-order valence-electron chi connectivity index (χ1n) is 5.73. The Morgan fingerprint density at radius 3 is 2.16 bits per heavy atom. The quantitative estimate of drug-likeness (QED) is 0.637. The molecule has 0 aliphatic rings. The molecule has 0 radical (unpaired) electrons. The van der Waals surface area contributed by atoms with Gasteiger partial charge < -0.3 is 20.4 Å². The minimum atomic E-state index is -0.318. The standard InChI is InChI=1S/C15H14O4/c16-9-14-11(7-13(18)8-15(14)19)4-1-10-2-5-12(17)6-3-10/h1-8,16-19H,9H2/b4-1+. The van der Waals surface area contributed by atoms with Gasteiger partial charge in [0, 0.05) is 11.6 Å². The van der Waals surface area contributed by atoms with E-state index in [0.29, 0.717) is 11.1 Å². The fourth-order valence-corrected chi connectivity index (χ4v) is 1.76. The van der Waals surface area contributed by atoms with Crippen LogP contribution in [0.15, 0.2) is 36.4 Å². The second kappa shape index (κ2) is 5.46. The summed E-state index contributed by atoms with van der Waals surface area (Å²) in [5.41, 5.74) is 1.74. The molecule has 0 saturated carbocycles. The van der Waals surface area contributed by atoms with Gasteiger partial charge in [-0.15, -0.1) is 0 Å². The highest BCUT2D eigenvalue weighted by Crippen LogP contribution is 2.28. The molecule has 19 heavy (non-hydrogen) atoms. The molecule has 2 aromatic carbocycles. The maximum Gasteiger partial charge on any atom is 0.125 e. The van der Waals surface area contributed by atoms with Gasteiger partial charge in [0.1, 0.15) is 17.2 Å². The Morgan fingerprint density at radius 1 is 0.842 bits per heavy atom. The Balaban J connectivity index is 2.34. The topological polar surface area (TPSA) is 80.9 Å². The van der Waals surface area contributed by atoms with Crippen molar-refractivity contribution >= 4 is 12.2 Å². The van der Waals surface area contributed by atoms with E-state index in [2.05, 4.69) is 0 Å². The highest BCUT2D eigenvalue weighted by atomic mass is 16.3. The Labute approximate surface area is 110 Å². The molecule has 0 bridgehead atoms. The molecule has 4 N–H and O–H groups in total. The van der Waals surface area contributed by atoms with Crippen LogP contribution in [0.5, 0.6) is 17.2 Å². The molecule has 0 aliphatic heterocycles. The van der Waals surface area contributed by atoms with Crippen molar-refractivity contribution in [3.8, 4) is 17.2 Å². The van der Waals surface area contributed by atoms with Gasteiger partial charge in [0.25, 0.3) is 0 Å². The van der Waals surface area contributed by atoms with Crippen molar-refractivity contribution < 1.29 is 20.4 Å². The molecule has 2 rings (SSSR count). The van der Waals surface area contributed by atoms with Crippen LogP contribution in [-0.2, 0) is 6.61 Å². The number of hydrogen-bond donors (Lipinski definition) is 4.